The fourth-order valence-corrected chi connectivity index (χ4v) is 4.04. The molecule has 2 aromatic carbocycles. The summed E-state index contributed by atoms with van der Waals surface area (Å²) in [6.45, 7) is 5.88. The lowest BCUT2D eigenvalue weighted by Crippen LogP contribution is -2.52. The molecular formula is C24H27FN4O3. The van der Waals surface area contributed by atoms with Crippen LogP contribution >= 0.6 is 0 Å². The number of carbonyl (C=O) groups excluding carboxylic acids is 1. The quantitative estimate of drug-likeness (QED) is 0.636. The van der Waals surface area contributed by atoms with Crippen molar-refractivity contribution in [2.45, 2.75) is 26.4 Å². The normalized spacial score (nSPS) is 15.4. The summed E-state index contributed by atoms with van der Waals surface area (Å²) in [4.78, 5) is 25.4. The molecule has 4 rings (SSSR count). The van der Waals surface area contributed by atoms with E-state index in [-0.39, 0.29) is 29.0 Å². The lowest BCUT2D eigenvalue weighted by molar-refractivity contribution is -0.141. The number of rotatable bonds is 5. The van der Waals surface area contributed by atoms with Gasteiger partial charge in [0, 0.05) is 31.6 Å². The molecule has 3 aromatic rings. The largest absolute Gasteiger partial charge is 0.507 e. The first-order chi connectivity index (χ1) is 15.3. The predicted molar refractivity (Wildman–Crippen MR) is 121 cm³/mol. The number of aliphatic hydroxyl groups is 1. The van der Waals surface area contributed by atoms with Gasteiger partial charge in [0.25, 0.3) is 5.91 Å². The Kier molecular flexibility index (Phi) is 6.23. The summed E-state index contributed by atoms with van der Waals surface area (Å²) < 4.78 is 14.5. The molecule has 2 N–H and O–H groups in total. The zero-order valence-corrected chi connectivity index (χ0v) is 18.2. The molecule has 7 nitrogen and oxygen atoms in total. The highest BCUT2D eigenvalue weighted by Gasteiger charge is 2.28. The second-order valence-electron chi connectivity index (χ2n) is 8.48. The van der Waals surface area contributed by atoms with Crippen molar-refractivity contribution in [2.75, 3.05) is 31.1 Å². The number of hydrogen-bond acceptors (Lipinski definition) is 6. The third-order valence-electron chi connectivity index (χ3n) is 5.67. The number of aromatic hydroxyl groups is 1. The molecular weight excluding hydrogens is 411 g/mol. The van der Waals surface area contributed by atoms with Crippen molar-refractivity contribution in [3.63, 3.8) is 0 Å². The highest BCUT2D eigenvalue weighted by Crippen LogP contribution is 2.33. The second kappa shape index (κ2) is 9.08. The van der Waals surface area contributed by atoms with Gasteiger partial charge in [0.15, 0.2) is 5.82 Å². The molecule has 8 heteroatoms. The third-order valence-corrected chi connectivity index (χ3v) is 5.67. The predicted octanol–water partition coefficient (Wildman–Crippen LogP) is 3.20. The number of halogens is 1. The molecule has 1 atom stereocenters. The average Bonchev–Trinajstić information content (AvgIpc) is 2.77. The van der Waals surface area contributed by atoms with Gasteiger partial charge >= 0.3 is 0 Å². The van der Waals surface area contributed by atoms with E-state index in [4.69, 9.17) is 0 Å². The Balaban J connectivity index is 1.63. The third kappa shape index (κ3) is 4.36. The monoisotopic (exact) mass is 438 g/mol. The average molecular weight is 439 g/mol. The van der Waals surface area contributed by atoms with E-state index >= 15 is 0 Å². The fourth-order valence-electron chi connectivity index (χ4n) is 4.04. The molecule has 1 aromatic heterocycles. The van der Waals surface area contributed by atoms with Gasteiger partial charge in [0.2, 0.25) is 0 Å². The molecule has 1 aliphatic rings. The standard InChI is InChI=1S/C24H27FN4O3/c1-15(2)14-20(31)24(32)29-12-10-28(11-13-29)23-16-6-3-4-8-18(16)26-22(27-23)21-17(25)7-5-9-19(21)30/h3-9,15,20,30-31H,10-14H2,1-2H3/t20-/m1/s1. The van der Waals surface area contributed by atoms with Crippen molar-refractivity contribution < 1.29 is 19.4 Å². The number of anilines is 1. The molecule has 1 fully saturated rings. The lowest BCUT2D eigenvalue weighted by atomic mass is 10.0. The Hall–Kier alpha value is -3.26. The van der Waals surface area contributed by atoms with Crippen LogP contribution in [0.1, 0.15) is 20.3 Å². The van der Waals surface area contributed by atoms with Gasteiger partial charge in [-0.1, -0.05) is 32.0 Å². The number of nitrogens with zero attached hydrogens (tertiary/aromatic N) is 4. The van der Waals surface area contributed by atoms with E-state index in [0.29, 0.717) is 43.9 Å². The summed E-state index contributed by atoms with van der Waals surface area (Å²) in [6, 6.07) is 11.6. The van der Waals surface area contributed by atoms with E-state index in [1.807, 2.05) is 43.0 Å². The molecule has 2 heterocycles. The highest BCUT2D eigenvalue weighted by atomic mass is 19.1. The lowest BCUT2D eigenvalue weighted by Gasteiger charge is -2.37. The number of phenolic OH excluding ortho intramolecular Hbond substituents is 1. The SMILES string of the molecule is CC(C)C[C@@H](O)C(=O)N1CCN(c2nc(-c3c(O)cccc3F)nc3ccccc23)CC1. The molecule has 1 amide bonds. The summed E-state index contributed by atoms with van der Waals surface area (Å²) in [5, 5.41) is 21.2. The Bertz CT molecular complexity index is 1110. The minimum Gasteiger partial charge on any atom is -0.507 e. The first-order valence-electron chi connectivity index (χ1n) is 10.8. The molecule has 0 radical (unpaired) electrons. The van der Waals surface area contributed by atoms with E-state index in [2.05, 4.69) is 9.97 Å². The second-order valence-corrected chi connectivity index (χ2v) is 8.48. The number of amides is 1. The highest BCUT2D eigenvalue weighted by molar-refractivity contribution is 5.91. The van der Waals surface area contributed by atoms with Gasteiger partial charge in [-0.15, -0.1) is 0 Å². The number of piperazine rings is 1. The zero-order chi connectivity index (χ0) is 22.8. The van der Waals surface area contributed by atoms with Crippen molar-refractivity contribution in [1.29, 1.82) is 0 Å². The Morgan fingerprint density at radius 1 is 1.06 bits per heavy atom. The van der Waals surface area contributed by atoms with Gasteiger partial charge < -0.3 is 20.0 Å². The van der Waals surface area contributed by atoms with Crippen LogP contribution in [0.3, 0.4) is 0 Å². The number of phenols is 1. The van der Waals surface area contributed by atoms with E-state index in [1.54, 1.807) is 4.90 Å². The molecule has 0 unspecified atom stereocenters. The number of benzene rings is 2. The van der Waals surface area contributed by atoms with E-state index in [1.165, 1.54) is 18.2 Å². The number of fused-ring (bicyclic) bond motifs is 1. The summed E-state index contributed by atoms with van der Waals surface area (Å²) in [5.74, 6) is -0.0940. The molecule has 0 spiro atoms. The molecule has 0 aliphatic carbocycles. The van der Waals surface area contributed by atoms with Crippen LogP contribution in [0.15, 0.2) is 42.5 Å². The number of para-hydroxylation sites is 1. The maximum atomic E-state index is 14.5. The molecule has 0 bridgehead atoms. The van der Waals surface area contributed by atoms with Gasteiger partial charge in [0.05, 0.1) is 11.1 Å². The topological polar surface area (TPSA) is 89.8 Å². The van der Waals surface area contributed by atoms with Crippen molar-refractivity contribution in [3.05, 3.63) is 48.3 Å². The van der Waals surface area contributed by atoms with Gasteiger partial charge in [-0.05, 0) is 36.6 Å². The van der Waals surface area contributed by atoms with Crippen LogP contribution in [0.2, 0.25) is 0 Å². The summed E-state index contributed by atoms with van der Waals surface area (Å²) in [5.41, 5.74) is 0.603. The molecule has 1 saturated heterocycles. The number of aromatic nitrogens is 2. The Morgan fingerprint density at radius 2 is 1.78 bits per heavy atom. The smallest absolute Gasteiger partial charge is 0.251 e. The van der Waals surface area contributed by atoms with E-state index in [9.17, 15) is 19.4 Å². The van der Waals surface area contributed by atoms with Crippen LogP contribution in [0.25, 0.3) is 22.3 Å². The van der Waals surface area contributed by atoms with Gasteiger partial charge in [-0.25, -0.2) is 14.4 Å². The van der Waals surface area contributed by atoms with Crippen LogP contribution in [0, 0.1) is 11.7 Å². The minimum absolute atomic E-state index is 0.0369. The van der Waals surface area contributed by atoms with E-state index < -0.39 is 11.9 Å². The first kappa shape index (κ1) is 22.0. The molecule has 168 valence electrons. The van der Waals surface area contributed by atoms with Crippen molar-refractivity contribution in [1.82, 2.24) is 14.9 Å². The summed E-state index contributed by atoms with van der Waals surface area (Å²) in [6.07, 6.45) is -0.553. The first-order valence-corrected chi connectivity index (χ1v) is 10.8. The van der Waals surface area contributed by atoms with Crippen molar-refractivity contribution in [3.8, 4) is 17.1 Å². The maximum absolute atomic E-state index is 14.5. The van der Waals surface area contributed by atoms with Gasteiger partial charge in [0.1, 0.15) is 23.5 Å². The Labute approximate surface area is 186 Å². The van der Waals surface area contributed by atoms with Crippen molar-refractivity contribution in [2.24, 2.45) is 5.92 Å². The Morgan fingerprint density at radius 3 is 2.47 bits per heavy atom. The molecule has 1 aliphatic heterocycles. The van der Waals surface area contributed by atoms with Crippen LogP contribution in [-0.2, 0) is 4.79 Å². The van der Waals surface area contributed by atoms with Gasteiger partial charge in [-0.2, -0.15) is 0 Å². The number of hydrogen-bond donors (Lipinski definition) is 2. The van der Waals surface area contributed by atoms with Crippen LogP contribution in [0.5, 0.6) is 5.75 Å². The number of aliphatic hydroxyl groups excluding tert-OH is 1. The minimum atomic E-state index is -0.989. The van der Waals surface area contributed by atoms with Crippen LogP contribution in [0.4, 0.5) is 10.2 Å². The summed E-state index contributed by atoms with van der Waals surface area (Å²) >= 11 is 0. The number of carbonyl (C=O) groups is 1. The van der Waals surface area contributed by atoms with Crippen molar-refractivity contribution >= 4 is 22.6 Å². The fraction of sp³-hybridized carbons (Fsp3) is 0.375. The van der Waals surface area contributed by atoms with Crippen LogP contribution in [-0.4, -0.2) is 63.3 Å². The molecule has 0 saturated carbocycles. The van der Waals surface area contributed by atoms with E-state index in [0.717, 1.165) is 5.39 Å². The van der Waals surface area contributed by atoms with Crippen LogP contribution < -0.4 is 4.90 Å². The maximum Gasteiger partial charge on any atom is 0.251 e. The summed E-state index contributed by atoms with van der Waals surface area (Å²) in [7, 11) is 0. The molecule has 32 heavy (non-hydrogen) atoms. The zero-order valence-electron chi connectivity index (χ0n) is 18.2. The van der Waals surface area contributed by atoms with Gasteiger partial charge in [-0.3, -0.25) is 4.79 Å².